The molecule has 3 rings (SSSR count). The smallest absolute Gasteiger partial charge is 0.434 e. The Morgan fingerprint density at radius 1 is 1.16 bits per heavy atom. The van der Waals surface area contributed by atoms with Crippen molar-refractivity contribution in [3.05, 3.63) is 58.2 Å². The van der Waals surface area contributed by atoms with Crippen molar-refractivity contribution >= 4 is 34.1 Å². The number of thiocarbonyl (C=S) groups is 1. The highest BCUT2D eigenvalue weighted by Gasteiger charge is 2.42. The van der Waals surface area contributed by atoms with Crippen LogP contribution in [-0.2, 0) is 17.3 Å². The molecule has 0 unspecified atom stereocenters. The Morgan fingerprint density at radius 2 is 1.81 bits per heavy atom. The SMILES string of the molecule is COC(=O)c1c(C(F)F)nc(C(F)(F)F)c(C(=S)c2nc3ccccc3[nH]2)c1CC(C)C. The van der Waals surface area contributed by atoms with Gasteiger partial charge in [0.15, 0.2) is 5.69 Å². The fourth-order valence-electron chi connectivity index (χ4n) is 3.38. The highest BCUT2D eigenvalue weighted by molar-refractivity contribution is 7.81. The van der Waals surface area contributed by atoms with Crippen LogP contribution in [0.1, 0.15) is 59.0 Å². The van der Waals surface area contributed by atoms with Crippen LogP contribution in [0.4, 0.5) is 22.0 Å². The van der Waals surface area contributed by atoms with Crippen LogP contribution in [-0.4, -0.2) is 32.9 Å². The maximum absolute atomic E-state index is 14.0. The van der Waals surface area contributed by atoms with Gasteiger partial charge in [-0.3, -0.25) is 0 Å². The van der Waals surface area contributed by atoms with Gasteiger partial charge in [-0.05, 0) is 30.0 Å². The molecule has 3 aromatic rings. The van der Waals surface area contributed by atoms with Crippen LogP contribution < -0.4 is 0 Å². The maximum Gasteiger partial charge on any atom is 0.434 e. The summed E-state index contributed by atoms with van der Waals surface area (Å²) in [6.45, 7) is 3.34. The molecule has 0 spiro atoms. The van der Waals surface area contributed by atoms with Gasteiger partial charge < -0.3 is 9.72 Å². The molecule has 1 aromatic carbocycles. The summed E-state index contributed by atoms with van der Waals surface area (Å²) in [4.78, 5) is 22.3. The first-order valence-corrected chi connectivity index (χ1v) is 9.86. The lowest BCUT2D eigenvalue weighted by Crippen LogP contribution is -2.25. The van der Waals surface area contributed by atoms with E-state index in [4.69, 9.17) is 12.2 Å². The molecule has 32 heavy (non-hydrogen) atoms. The molecule has 0 aliphatic carbocycles. The van der Waals surface area contributed by atoms with E-state index in [0.29, 0.717) is 11.0 Å². The predicted octanol–water partition coefficient (Wildman–Crippen LogP) is 5.67. The van der Waals surface area contributed by atoms with Gasteiger partial charge in [0.25, 0.3) is 6.43 Å². The summed E-state index contributed by atoms with van der Waals surface area (Å²) < 4.78 is 74.0. The molecule has 11 heteroatoms. The van der Waals surface area contributed by atoms with Crippen LogP contribution in [0.15, 0.2) is 24.3 Å². The van der Waals surface area contributed by atoms with Crippen LogP contribution in [0, 0.1) is 5.92 Å². The molecule has 0 fully saturated rings. The van der Waals surface area contributed by atoms with Gasteiger partial charge in [0.1, 0.15) is 11.5 Å². The highest BCUT2D eigenvalue weighted by atomic mass is 32.1. The normalized spacial score (nSPS) is 12.1. The minimum Gasteiger partial charge on any atom is -0.465 e. The zero-order chi connectivity index (χ0) is 23.8. The summed E-state index contributed by atoms with van der Waals surface area (Å²) in [5, 5.41) is 0. The number of carbonyl (C=O) groups excluding carboxylic acids is 1. The summed E-state index contributed by atoms with van der Waals surface area (Å²) in [7, 11) is 0.950. The molecule has 0 aliphatic heterocycles. The fourth-order valence-corrected chi connectivity index (χ4v) is 3.70. The van der Waals surface area contributed by atoms with E-state index in [1.54, 1.807) is 38.1 Å². The number of halogens is 5. The van der Waals surface area contributed by atoms with E-state index in [-0.39, 0.29) is 28.6 Å². The van der Waals surface area contributed by atoms with E-state index in [2.05, 4.69) is 19.7 Å². The van der Waals surface area contributed by atoms with E-state index < -0.39 is 41.1 Å². The second kappa shape index (κ2) is 8.89. The van der Waals surface area contributed by atoms with Gasteiger partial charge in [-0.1, -0.05) is 38.2 Å². The molecule has 0 saturated carbocycles. The lowest BCUT2D eigenvalue weighted by Gasteiger charge is -2.22. The summed E-state index contributed by atoms with van der Waals surface area (Å²) >= 11 is 5.34. The molecule has 0 bridgehead atoms. The molecule has 0 aliphatic rings. The third-order valence-electron chi connectivity index (χ3n) is 4.64. The van der Waals surface area contributed by atoms with Crippen LogP contribution >= 0.6 is 12.2 Å². The van der Waals surface area contributed by atoms with E-state index in [1.807, 2.05) is 0 Å². The van der Waals surface area contributed by atoms with Crippen LogP contribution in [0.3, 0.4) is 0 Å². The maximum atomic E-state index is 14.0. The number of esters is 1. The highest BCUT2D eigenvalue weighted by Crippen LogP contribution is 2.39. The first kappa shape index (κ1) is 23.7. The molecule has 2 aromatic heterocycles. The molecule has 0 atom stereocenters. The van der Waals surface area contributed by atoms with E-state index in [0.717, 1.165) is 7.11 Å². The Labute approximate surface area is 185 Å². The predicted molar refractivity (Wildman–Crippen MR) is 111 cm³/mol. The molecule has 0 amide bonds. The number of rotatable bonds is 6. The Bertz CT molecular complexity index is 1160. The number of aromatic nitrogens is 3. The number of carbonyl (C=O) groups is 1. The number of fused-ring (bicyclic) bond motifs is 1. The van der Waals surface area contributed by atoms with Crippen molar-refractivity contribution in [3.63, 3.8) is 0 Å². The van der Waals surface area contributed by atoms with E-state index >= 15 is 0 Å². The molecule has 0 radical (unpaired) electrons. The topological polar surface area (TPSA) is 67.9 Å². The summed E-state index contributed by atoms with van der Waals surface area (Å²) in [5.74, 6) is -1.59. The third kappa shape index (κ3) is 4.47. The number of pyridine rings is 1. The number of H-pyrrole nitrogens is 1. The largest absolute Gasteiger partial charge is 0.465 e. The minimum absolute atomic E-state index is 0.0703. The number of benzene rings is 1. The Balaban J connectivity index is 2.42. The fraction of sp³-hybridized carbons (Fsp3) is 0.333. The second-order valence-electron chi connectivity index (χ2n) is 7.39. The molecular weight excluding hydrogens is 453 g/mol. The van der Waals surface area contributed by atoms with Crippen molar-refractivity contribution in [2.75, 3.05) is 7.11 Å². The number of hydrogen-bond acceptors (Lipinski definition) is 5. The first-order valence-electron chi connectivity index (χ1n) is 9.45. The Morgan fingerprint density at radius 3 is 2.34 bits per heavy atom. The van der Waals surface area contributed by atoms with Gasteiger partial charge in [0.2, 0.25) is 0 Å². The number of aromatic amines is 1. The van der Waals surface area contributed by atoms with Crippen LogP contribution in [0.5, 0.6) is 0 Å². The number of ether oxygens (including phenoxy) is 1. The zero-order valence-electron chi connectivity index (χ0n) is 17.2. The van der Waals surface area contributed by atoms with Crippen molar-refractivity contribution < 1.29 is 31.5 Å². The number of methoxy groups -OCH3 is 1. The van der Waals surface area contributed by atoms with Crippen molar-refractivity contribution in [2.45, 2.75) is 32.9 Å². The van der Waals surface area contributed by atoms with Gasteiger partial charge in [0.05, 0.1) is 28.6 Å². The monoisotopic (exact) mass is 471 g/mol. The van der Waals surface area contributed by atoms with Gasteiger partial charge in [0, 0.05) is 5.56 Å². The molecule has 0 saturated heterocycles. The number of imidazole rings is 1. The van der Waals surface area contributed by atoms with Gasteiger partial charge in [-0.25, -0.2) is 23.5 Å². The van der Waals surface area contributed by atoms with Gasteiger partial charge in [-0.2, -0.15) is 13.2 Å². The zero-order valence-corrected chi connectivity index (χ0v) is 18.0. The number of para-hydroxylation sites is 2. The number of alkyl halides is 5. The first-order chi connectivity index (χ1) is 15.0. The summed E-state index contributed by atoms with van der Waals surface area (Å²) in [6, 6.07) is 6.69. The van der Waals surface area contributed by atoms with Gasteiger partial charge >= 0.3 is 12.1 Å². The quantitative estimate of drug-likeness (QED) is 0.217. The number of nitrogens with one attached hydrogen (secondary N) is 1. The van der Waals surface area contributed by atoms with Crippen LogP contribution in [0.2, 0.25) is 0 Å². The van der Waals surface area contributed by atoms with Gasteiger partial charge in [-0.15, -0.1) is 0 Å². The molecular formula is C21H18F5N3O2S. The Kier molecular flexibility index (Phi) is 6.59. The molecule has 5 nitrogen and oxygen atoms in total. The number of nitrogens with zero attached hydrogens (tertiary/aromatic N) is 2. The number of hydrogen-bond donors (Lipinski definition) is 1. The van der Waals surface area contributed by atoms with Crippen molar-refractivity contribution in [3.8, 4) is 0 Å². The van der Waals surface area contributed by atoms with Crippen molar-refractivity contribution in [1.82, 2.24) is 15.0 Å². The molecule has 2 heterocycles. The second-order valence-corrected chi connectivity index (χ2v) is 7.80. The lowest BCUT2D eigenvalue weighted by molar-refractivity contribution is -0.141. The van der Waals surface area contributed by atoms with Crippen molar-refractivity contribution in [1.29, 1.82) is 0 Å². The molecule has 170 valence electrons. The Hall–Kier alpha value is -2.95. The lowest BCUT2D eigenvalue weighted by atomic mass is 9.89. The van der Waals surface area contributed by atoms with Crippen molar-refractivity contribution in [2.24, 2.45) is 5.92 Å². The summed E-state index contributed by atoms with van der Waals surface area (Å²) in [6.07, 6.45) is -8.70. The van der Waals surface area contributed by atoms with Crippen LogP contribution in [0.25, 0.3) is 11.0 Å². The summed E-state index contributed by atoms with van der Waals surface area (Å²) in [5.41, 5.74) is -3.56. The van der Waals surface area contributed by atoms with E-state index in [9.17, 15) is 26.7 Å². The minimum atomic E-state index is -5.12. The average molecular weight is 471 g/mol. The van der Waals surface area contributed by atoms with E-state index in [1.165, 1.54) is 0 Å². The third-order valence-corrected chi connectivity index (χ3v) is 5.03. The molecule has 1 N–H and O–H groups in total. The standard InChI is InChI=1S/C21H18F5N3O2S/c1-9(2)8-10-13(20(30)31-3)15(18(22)23)29-17(21(24,25)26)14(10)16(32)19-27-11-6-4-5-7-12(11)28-19/h4-7,9,18H,8H2,1-3H3,(H,27,28). The average Bonchev–Trinajstić information content (AvgIpc) is 3.15.